The first-order chi connectivity index (χ1) is 12.5. The van der Waals surface area contributed by atoms with Crippen molar-refractivity contribution in [3.63, 3.8) is 0 Å². The number of carbonyl (C=O) groups excluding carboxylic acids is 1. The molecule has 0 radical (unpaired) electrons. The molecule has 2 heterocycles. The molecule has 26 heavy (non-hydrogen) atoms. The van der Waals surface area contributed by atoms with Gasteiger partial charge in [0.1, 0.15) is 31.0 Å². The van der Waals surface area contributed by atoms with Gasteiger partial charge in [-0.05, 0) is 25.7 Å². The standard InChI is InChI=1S/C19H30O7/c1-13(20)22-12-15-17-16(25-19(24-15)9-5-6-10-19)14(11-21-2)23-18(26-17)7-3-4-8-18/h14-17H,3-12H2,1-2H3. The number of carbonyl (C=O) groups is 1. The van der Waals surface area contributed by atoms with E-state index in [1.165, 1.54) is 6.92 Å². The zero-order chi connectivity index (χ0) is 18.2. The van der Waals surface area contributed by atoms with Gasteiger partial charge in [0.05, 0.1) is 6.61 Å². The molecule has 2 saturated heterocycles. The summed E-state index contributed by atoms with van der Waals surface area (Å²) in [4.78, 5) is 11.4. The Morgan fingerprint density at radius 2 is 1.31 bits per heavy atom. The number of ether oxygens (including phenoxy) is 6. The maximum atomic E-state index is 11.4. The second kappa shape index (κ2) is 7.36. The summed E-state index contributed by atoms with van der Waals surface area (Å²) in [5.74, 6) is -1.52. The molecule has 2 aliphatic carbocycles. The lowest BCUT2D eigenvalue weighted by Crippen LogP contribution is -2.68. The summed E-state index contributed by atoms with van der Waals surface area (Å²) in [6.07, 6.45) is 6.54. The fraction of sp³-hybridized carbons (Fsp3) is 0.947. The minimum atomic E-state index is -0.620. The van der Waals surface area contributed by atoms with Crippen molar-refractivity contribution in [2.24, 2.45) is 0 Å². The monoisotopic (exact) mass is 370 g/mol. The third-order valence-electron chi connectivity index (χ3n) is 6.00. The zero-order valence-electron chi connectivity index (χ0n) is 15.7. The van der Waals surface area contributed by atoms with E-state index in [0.29, 0.717) is 6.61 Å². The normalized spacial score (nSPS) is 37.8. The van der Waals surface area contributed by atoms with Gasteiger partial charge in [-0.3, -0.25) is 4.79 Å². The van der Waals surface area contributed by atoms with Crippen molar-refractivity contribution in [3.8, 4) is 0 Å². The Kier molecular flexibility index (Phi) is 5.27. The molecule has 4 rings (SSSR count). The highest BCUT2D eigenvalue weighted by Gasteiger charge is 2.59. The molecule has 2 spiro atoms. The molecule has 4 aliphatic rings. The minimum Gasteiger partial charge on any atom is -0.463 e. The lowest BCUT2D eigenvalue weighted by molar-refractivity contribution is -0.437. The van der Waals surface area contributed by atoms with Crippen molar-refractivity contribution in [1.82, 2.24) is 0 Å². The highest BCUT2D eigenvalue weighted by molar-refractivity contribution is 5.65. The molecule has 0 aromatic rings. The van der Waals surface area contributed by atoms with E-state index in [-0.39, 0.29) is 37.0 Å². The summed E-state index contributed by atoms with van der Waals surface area (Å²) < 4.78 is 36.4. The molecule has 0 aromatic heterocycles. The Labute approximate surface area is 154 Å². The first-order valence-electron chi connectivity index (χ1n) is 9.88. The van der Waals surface area contributed by atoms with E-state index >= 15 is 0 Å². The van der Waals surface area contributed by atoms with E-state index in [4.69, 9.17) is 28.4 Å². The molecule has 0 aromatic carbocycles. The molecular weight excluding hydrogens is 340 g/mol. The molecule has 2 aliphatic heterocycles. The summed E-state index contributed by atoms with van der Waals surface area (Å²) >= 11 is 0. The van der Waals surface area contributed by atoms with E-state index in [0.717, 1.165) is 51.4 Å². The molecule has 4 fully saturated rings. The maximum absolute atomic E-state index is 11.4. The van der Waals surface area contributed by atoms with Crippen molar-refractivity contribution in [1.29, 1.82) is 0 Å². The first-order valence-corrected chi connectivity index (χ1v) is 9.88. The molecule has 148 valence electrons. The highest BCUT2D eigenvalue weighted by atomic mass is 16.8. The topological polar surface area (TPSA) is 72.5 Å². The van der Waals surface area contributed by atoms with Crippen LogP contribution in [0.1, 0.15) is 58.3 Å². The first kappa shape index (κ1) is 18.6. The van der Waals surface area contributed by atoms with Crippen LogP contribution in [-0.2, 0) is 33.2 Å². The van der Waals surface area contributed by atoms with Crippen LogP contribution in [0.25, 0.3) is 0 Å². The van der Waals surface area contributed by atoms with E-state index in [1.54, 1.807) is 7.11 Å². The average molecular weight is 370 g/mol. The van der Waals surface area contributed by atoms with E-state index in [1.807, 2.05) is 0 Å². The summed E-state index contributed by atoms with van der Waals surface area (Å²) in [5, 5.41) is 0. The predicted octanol–water partition coefficient (Wildman–Crippen LogP) is 2.30. The number of rotatable bonds is 4. The number of hydrogen-bond acceptors (Lipinski definition) is 7. The van der Waals surface area contributed by atoms with Gasteiger partial charge in [0.2, 0.25) is 0 Å². The summed E-state index contributed by atoms with van der Waals surface area (Å²) in [5.41, 5.74) is 0. The highest BCUT2D eigenvalue weighted by Crippen LogP contribution is 2.48. The molecule has 0 amide bonds. The van der Waals surface area contributed by atoms with Crippen LogP contribution >= 0.6 is 0 Å². The van der Waals surface area contributed by atoms with Crippen LogP contribution in [0.15, 0.2) is 0 Å². The largest absolute Gasteiger partial charge is 0.463 e. The van der Waals surface area contributed by atoms with Gasteiger partial charge < -0.3 is 28.4 Å². The maximum Gasteiger partial charge on any atom is 0.302 e. The zero-order valence-corrected chi connectivity index (χ0v) is 15.7. The molecule has 7 nitrogen and oxygen atoms in total. The van der Waals surface area contributed by atoms with Gasteiger partial charge >= 0.3 is 5.97 Å². The third-order valence-corrected chi connectivity index (χ3v) is 6.00. The van der Waals surface area contributed by atoms with Gasteiger partial charge in [-0.1, -0.05) is 0 Å². The Morgan fingerprint density at radius 1 is 0.846 bits per heavy atom. The molecular formula is C19H30O7. The van der Waals surface area contributed by atoms with Crippen molar-refractivity contribution in [3.05, 3.63) is 0 Å². The van der Waals surface area contributed by atoms with Crippen LogP contribution < -0.4 is 0 Å². The third kappa shape index (κ3) is 3.52. The fourth-order valence-electron chi connectivity index (χ4n) is 4.87. The molecule has 4 unspecified atom stereocenters. The lowest BCUT2D eigenvalue weighted by atomic mass is 9.96. The summed E-state index contributed by atoms with van der Waals surface area (Å²) in [6, 6.07) is 0. The van der Waals surface area contributed by atoms with Crippen molar-refractivity contribution >= 4 is 5.97 Å². The summed E-state index contributed by atoms with van der Waals surface area (Å²) in [6.45, 7) is 2.04. The molecule has 0 N–H and O–H groups in total. The van der Waals surface area contributed by atoms with E-state index in [9.17, 15) is 4.79 Å². The van der Waals surface area contributed by atoms with Crippen LogP contribution in [0, 0.1) is 0 Å². The number of hydrogen-bond donors (Lipinski definition) is 0. The van der Waals surface area contributed by atoms with Crippen molar-refractivity contribution < 1.29 is 33.2 Å². The second-order valence-electron chi connectivity index (χ2n) is 7.97. The van der Waals surface area contributed by atoms with Crippen molar-refractivity contribution in [2.45, 2.75) is 94.3 Å². The van der Waals surface area contributed by atoms with Gasteiger partial charge in [-0.2, -0.15) is 0 Å². The van der Waals surface area contributed by atoms with E-state index < -0.39 is 11.6 Å². The van der Waals surface area contributed by atoms with Gasteiger partial charge in [0, 0.05) is 39.7 Å². The second-order valence-corrected chi connectivity index (χ2v) is 7.97. The minimum absolute atomic E-state index is 0.178. The average Bonchev–Trinajstić information content (AvgIpc) is 3.24. The molecule has 0 bridgehead atoms. The lowest BCUT2D eigenvalue weighted by Gasteiger charge is -2.55. The summed E-state index contributed by atoms with van der Waals surface area (Å²) in [7, 11) is 1.68. The van der Waals surface area contributed by atoms with Gasteiger partial charge in [-0.25, -0.2) is 0 Å². The Balaban J connectivity index is 1.60. The number of methoxy groups -OCH3 is 1. The number of esters is 1. The predicted molar refractivity (Wildman–Crippen MR) is 90.4 cm³/mol. The molecule has 2 saturated carbocycles. The van der Waals surface area contributed by atoms with Gasteiger partial charge in [0.15, 0.2) is 11.6 Å². The SMILES string of the molecule is COCC1OC2(CCCC2)OC2C(COC(C)=O)OC3(CCCC3)OC12. The number of fused-ring (bicyclic) bond motifs is 1. The Bertz CT molecular complexity index is 510. The van der Waals surface area contributed by atoms with Crippen LogP contribution in [0.3, 0.4) is 0 Å². The van der Waals surface area contributed by atoms with Crippen LogP contribution in [-0.4, -0.2) is 62.3 Å². The van der Waals surface area contributed by atoms with Gasteiger partial charge in [0.25, 0.3) is 0 Å². The quantitative estimate of drug-likeness (QED) is 0.703. The van der Waals surface area contributed by atoms with Gasteiger partial charge in [-0.15, -0.1) is 0 Å². The molecule has 7 heteroatoms. The Morgan fingerprint density at radius 3 is 1.73 bits per heavy atom. The Hall–Kier alpha value is -0.730. The van der Waals surface area contributed by atoms with Crippen LogP contribution in [0.2, 0.25) is 0 Å². The van der Waals surface area contributed by atoms with E-state index in [2.05, 4.69) is 0 Å². The smallest absolute Gasteiger partial charge is 0.302 e. The molecule has 4 atom stereocenters. The van der Waals surface area contributed by atoms with Crippen LogP contribution in [0.4, 0.5) is 0 Å². The fourth-order valence-corrected chi connectivity index (χ4v) is 4.87. The van der Waals surface area contributed by atoms with Crippen molar-refractivity contribution in [2.75, 3.05) is 20.3 Å². The van der Waals surface area contributed by atoms with Crippen LogP contribution in [0.5, 0.6) is 0 Å².